The van der Waals surface area contributed by atoms with Crippen molar-refractivity contribution in [1.29, 1.82) is 0 Å². The zero-order valence-corrected chi connectivity index (χ0v) is 17.0. The highest BCUT2D eigenvalue weighted by molar-refractivity contribution is 7.87. The van der Waals surface area contributed by atoms with Crippen LogP contribution in [0.5, 0.6) is 5.75 Å². The third-order valence-corrected chi connectivity index (χ3v) is 7.35. The molecule has 150 valence electrons. The predicted octanol–water partition coefficient (Wildman–Crippen LogP) is 2.07. The lowest BCUT2D eigenvalue weighted by molar-refractivity contribution is -0.139. The number of methoxy groups -OCH3 is 1. The number of carbonyl (C=O) groups excluding carboxylic acids is 1. The fourth-order valence-electron chi connectivity index (χ4n) is 4.05. The van der Waals surface area contributed by atoms with Crippen LogP contribution in [-0.2, 0) is 15.0 Å². The molecule has 0 aliphatic carbocycles. The fourth-order valence-corrected chi connectivity index (χ4v) is 5.32. The van der Waals surface area contributed by atoms with E-state index in [2.05, 4.69) is 11.6 Å². The summed E-state index contributed by atoms with van der Waals surface area (Å²) in [6, 6.07) is 6.37. The number of hydrogen-bond acceptors (Lipinski definition) is 4. The van der Waals surface area contributed by atoms with E-state index in [1.54, 1.807) is 19.2 Å². The molecule has 0 unspecified atom stereocenters. The van der Waals surface area contributed by atoms with Gasteiger partial charge in [0.15, 0.2) is 0 Å². The lowest BCUT2D eigenvalue weighted by atomic mass is 9.95. The molecule has 7 nitrogen and oxygen atoms in total. The van der Waals surface area contributed by atoms with Crippen LogP contribution < -0.4 is 9.46 Å². The van der Waals surface area contributed by atoms with E-state index in [1.165, 1.54) is 11.4 Å². The zero-order chi connectivity index (χ0) is 19.6. The maximum atomic E-state index is 13.3. The Kier molecular flexibility index (Phi) is 6.08. The van der Waals surface area contributed by atoms with Gasteiger partial charge in [0.2, 0.25) is 5.91 Å². The normalized spacial score (nSPS) is 28.7. The molecule has 1 amide bonds. The molecule has 27 heavy (non-hydrogen) atoms. The summed E-state index contributed by atoms with van der Waals surface area (Å²) in [7, 11) is -0.653. The monoisotopic (exact) mass is 395 g/mol. The van der Waals surface area contributed by atoms with Gasteiger partial charge in [-0.1, -0.05) is 19.1 Å². The van der Waals surface area contributed by atoms with Crippen molar-refractivity contribution in [3.63, 3.8) is 0 Å². The maximum Gasteiger partial charge on any atom is 0.280 e. The van der Waals surface area contributed by atoms with E-state index in [4.69, 9.17) is 4.74 Å². The zero-order valence-electron chi connectivity index (χ0n) is 16.2. The van der Waals surface area contributed by atoms with Gasteiger partial charge in [0, 0.05) is 25.7 Å². The number of nitrogens with zero attached hydrogens (tertiary/aromatic N) is 2. The molecule has 2 saturated heterocycles. The van der Waals surface area contributed by atoms with Crippen molar-refractivity contribution in [1.82, 2.24) is 13.9 Å². The molecule has 2 heterocycles. The van der Waals surface area contributed by atoms with Gasteiger partial charge < -0.3 is 9.64 Å². The van der Waals surface area contributed by atoms with Gasteiger partial charge in [-0.25, -0.2) is 0 Å². The van der Waals surface area contributed by atoms with Crippen LogP contribution in [0.25, 0.3) is 0 Å². The second-order valence-corrected chi connectivity index (χ2v) is 9.07. The van der Waals surface area contributed by atoms with Gasteiger partial charge in [0.05, 0.1) is 7.11 Å². The third-order valence-electron chi connectivity index (χ3n) is 5.75. The second-order valence-electron chi connectivity index (χ2n) is 7.31. The summed E-state index contributed by atoms with van der Waals surface area (Å²) in [6.45, 7) is 2.79. The molecule has 2 fully saturated rings. The van der Waals surface area contributed by atoms with Crippen LogP contribution in [0.15, 0.2) is 24.3 Å². The van der Waals surface area contributed by atoms with Gasteiger partial charge in [-0.15, -0.1) is 0 Å². The first-order valence-electron chi connectivity index (χ1n) is 9.57. The first kappa shape index (κ1) is 20.1. The van der Waals surface area contributed by atoms with Gasteiger partial charge >= 0.3 is 0 Å². The van der Waals surface area contributed by atoms with Crippen molar-refractivity contribution in [3.8, 4) is 5.75 Å². The Morgan fingerprint density at radius 3 is 2.59 bits per heavy atom. The smallest absolute Gasteiger partial charge is 0.280 e. The summed E-state index contributed by atoms with van der Waals surface area (Å²) >= 11 is 0. The average Bonchev–Trinajstić information content (AvgIpc) is 2.69. The summed E-state index contributed by atoms with van der Waals surface area (Å²) < 4.78 is 34.4. The van der Waals surface area contributed by atoms with Crippen molar-refractivity contribution < 1.29 is 17.9 Å². The summed E-state index contributed by atoms with van der Waals surface area (Å²) in [5.74, 6) is 0.633. The molecule has 3 atom stereocenters. The number of ether oxygens (including phenoxy) is 1. The minimum atomic E-state index is -3.73. The standard InChI is InChI=1S/C19H29N3O4S/c1-4-15-7-5-6-12-22(15)19(23)18-13-17(20-27(24,25)21(18)2)14-8-10-16(26-3)11-9-14/h8-11,15,17-18,20H,4-7,12-13H2,1-3H3/t15-,17+,18+/m0/s1. The van der Waals surface area contributed by atoms with Crippen molar-refractivity contribution in [2.75, 3.05) is 20.7 Å². The number of benzene rings is 1. The van der Waals surface area contributed by atoms with Gasteiger partial charge in [-0.2, -0.15) is 17.4 Å². The number of hydrogen-bond donors (Lipinski definition) is 1. The Morgan fingerprint density at radius 2 is 1.96 bits per heavy atom. The Bertz CT molecular complexity index is 766. The number of rotatable bonds is 4. The molecule has 2 aliphatic rings. The van der Waals surface area contributed by atoms with Gasteiger partial charge in [-0.3, -0.25) is 4.79 Å². The van der Waals surface area contributed by atoms with Gasteiger partial charge in [0.1, 0.15) is 11.8 Å². The van der Waals surface area contributed by atoms with E-state index >= 15 is 0 Å². The van der Waals surface area contributed by atoms with E-state index in [-0.39, 0.29) is 11.9 Å². The van der Waals surface area contributed by atoms with Crippen molar-refractivity contribution in [2.45, 2.75) is 57.2 Å². The van der Waals surface area contributed by atoms with Crippen molar-refractivity contribution in [2.24, 2.45) is 0 Å². The molecule has 0 saturated carbocycles. The van der Waals surface area contributed by atoms with E-state index in [0.717, 1.165) is 31.2 Å². The topological polar surface area (TPSA) is 79.0 Å². The highest BCUT2D eigenvalue weighted by Crippen LogP contribution is 2.31. The minimum absolute atomic E-state index is 0.0763. The Morgan fingerprint density at radius 1 is 1.26 bits per heavy atom. The quantitative estimate of drug-likeness (QED) is 0.846. The predicted molar refractivity (Wildman–Crippen MR) is 104 cm³/mol. The number of likely N-dealkylation sites (tertiary alicyclic amines) is 1. The van der Waals surface area contributed by atoms with E-state index < -0.39 is 22.3 Å². The molecule has 0 aromatic heterocycles. The SMILES string of the molecule is CC[C@H]1CCCCN1C(=O)[C@H]1C[C@H](c2ccc(OC)cc2)NS(=O)(=O)N1C. The maximum absolute atomic E-state index is 13.3. The molecule has 1 aromatic rings. The number of piperidine rings is 1. The Hall–Kier alpha value is -1.64. The van der Waals surface area contributed by atoms with Gasteiger partial charge in [0.25, 0.3) is 10.2 Å². The summed E-state index contributed by atoms with van der Waals surface area (Å²) in [5, 5.41) is 0. The molecule has 8 heteroatoms. The lowest BCUT2D eigenvalue weighted by Crippen LogP contribution is -2.59. The van der Waals surface area contributed by atoms with Crippen LogP contribution in [0.4, 0.5) is 0 Å². The molecule has 0 bridgehead atoms. The third kappa shape index (κ3) is 4.12. The van der Waals surface area contributed by atoms with Crippen molar-refractivity contribution >= 4 is 16.1 Å². The van der Waals surface area contributed by atoms with Crippen LogP contribution in [0, 0.1) is 0 Å². The van der Waals surface area contributed by atoms with Crippen LogP contribution in [0.3, 0.4) is 0 Å². The highest BCUT2D eigenvalue weighted by atomic mass is 32.2. The molecular weight excluding hydrogens is 366 g/mol. The van der Waals surface area contributed by atoms with Crippen LogP contribution >= 0.6 is 0 Å². The molecule has 3 rings (SSSR count). The van der Waals surface area contributed by atoms with E-state index in [0.29, 0.717) is 18.7 Å². The number of amides is 1. The van der Waals surface area contributed by atoms with E-state index in [9.17, 15) is 13.2 Å². The van der Waals surface area contributed by atoms with Crippen LogP contribution in [0.1, 0.15) is 50.6 Å². The minimum Gasteiger partial charge on any atom is -0.497 e. The first-order chi connectivity index (χ1) is 12.9. The highest BCUT2D eigenvalue weighted by Gasteiger charge is 2.43. The Labute approximate surface area is 161 Å². The molecule has 0 spiro atoms. The number of nitrogens with one attached hydrogen (secondary N) is 1. The van der Waals surface area contributed by atoms with Crippen molar-refractivity contribution in [3.05, 3.63) is 29.8 Å². The van der Waals surface area contributed by atoms with E-state index in [1.807, 2.05) is 17.0 Å². The fraction of sp³-hybridized carbons (Fsp3) is 0.632. The van der Waals surface area contributed by atoms with Crippen LogP contribution in [-0.4, -0.2) is 56.3 Å². The van der Waals surface area contributed by atoms with Gasteiger partial charge in [-0.05, 0) is 49.8 Å². The second kappa shape index (κ2) is 8.16. The van der Waals surface area contributed by atoms with Crippen LogP contribution in [0.2, 0.25) is 0 Å². The molecular formula is C19H29N3O4S. The summed E-state index contributed by atoms with van der Waals surface area (Å²) in [6.07, 6.45) is 4.40. The average molecular weight is 396 g/mol. The molecule has 2 aliphatic heterocycles. The number of carbonyl (C=O) groups is 1. The molecule has 1 N–H and O–H groups in total. The number of likely N-dealkylation sites (N-methyl/N-ethyl adjacent to an activating group) is 1. The largest absolute Gasteiger partial charge is 0.497 e. The molecule has 0 radical (unpaired) electrons. The lowest BCUT2D eigenvalue weighted by Gasteiger charge is -2.42. The molecule has 1 aromatic carbocycles. The first-order valence-corrected chi connectivity index (χ1v) is 11.0. The summed E-state index contributed by atoms with van der Waals surface area (Å²) in [5.41, 5.74) is 0.830. The Balaban J connectivity index is 1.85. The summed E-state index contributed by atoms with van der Waals surface area (Å²) in [4.78, 5) is 15.2.